The highest BCUT2D eigenvalue weighted by atomic mass is 19.1. The number of anilines is 2. The van der Waals surface area contributed by atoms with Gasteiger partial charge in [-0.1, -0.05) is 0 Å². The van der Waals surface area contributed by atoms with Crippen molar-refractivity contribution in [1.82, 2.24) is 0 Å². The maximum atomic E-state index is 14.9. The highest BCUT2D eigenvalue weighted by Crippen LogP contribution is 2.30. The lowest BCUT2D eigenvalue weighted by Crippen LogP contribution is -2.23. The van der Waals surface area contributed by atoms with Crippen LogP contribution < -0.4 is 15.2 Å². The van der Waals surface area contributed by atoms with Crippen molar-refractivity contribution in [1.29, 1.82) is 0 Å². The third-order valence-electron chi connectivity index (χ3n) is 5.35. The molecule has 29 heavy (non-hydrogen) atoms. The Kier molecular flexibility index (Phi) is 6.40. The van der Waals surface area contributed by atoms with E-state index in [0.29, 0.717) is 71.4 Å². The van der Waals surface area contributed by atoms with E-state index in [0.717, 1.165) is 0 Å². The van der Waals surface area contributed by atoms with Crippen molar-refractivity contribution in [3.05, 3.63) is 41.3 Å². The van der Waals surface area contributed by atoms with Crippen LogP contribution in [0.2, 0.25) is 0 Å². The quantitative estimate of drug-likeness (QED) is 0.492. The zero-order valence-electron chi connectivity index (χ0n) is 17.9. The minimum absolute atomic E-state index is 0.330. The number of benzene rings is 2. The first kappa shape index (κ1) is 21.1. The number of rotatable bonds is 7. The fourth-order valence-corrected chi connectivity index (χ4v) is 3.83. The summed E-state index contributed by atoms with van der Waals surface area (Å²) in [7, 11) is 0. The molecular weight excluding hydrogens is 372 g/mol. The number of hydrogen-bond donors (Lipinski definition) is 0. The van der Waals surface area contributed by atoms with Crippen molar-refractivity contribution in [2.24, 2.45) is 4.99 Å². The van der Waals surface area contributed by atoms with Gasteiger partial charge in [0.25, 0.3) is 0 Å². The van der Waals surface area contributed by atoms with Gasteiger partial charge in [-0.2, -0.15) is 0 Å². The summed E-state index contributed by atoms with van der Waals surface area (Å²) in [5.74, 6) is -0.660. The van der Waals surface area contributed by atoms with Crippen LogP contribution in [0, 0.1) is 11.6 Å². The van der Waals surface area contributed by atoms with Gasteiger partial charge in [0.15, 0.2) is 0 Å². The van der Waals surface area contributed by atoms with Crippen molar-refractivity contribution in [2.75, 3.05) is 42.5 Å². The lowest BCUT2D eigenvalue weighted by Gasteiger charge is -2.23. The number of nitrogens with zero attached hydrogens (tertiary/aromatic N) is 3. The van der Waals surface area contributed by atoms with Crippen LogP contribution >= 0.6 is 0 Å². The van der Waals surface area contributed by atoms with Gasteiger partial charge in [-0.3, -0.25) is 4.99 Å². The Labute approximate surface area is 170 Å². The van der Waals surface area contributed by atoms with Crippen molar-refractivity contribution >= 4 is 33.3 Å². The predicted octanol–water partition coefficient (Wildman–Crippen LogP) is 5.48. The Morgan fingerprint density at radius 3 is 1.48 bits per heavy atom. The average Bonchev–Trinajstić information content (AvgIpc) is 2.71. The van der Waals surface area contributed by atoms with Gasteiger partial charge in [-0.25, -0.2) is 8.78 Å². The van der Waals surface area contributed by atoms with Crippen LogP contribution in [0.1, 0.15) is 34.6 Å². The van der Waals surface area contributed by atoms with Crippen LogP contribution in [0.4, 0.5) is 20.2 Å². The van der Waals surface area contributed by atoms with E-state index in [4.69, 9.17) is 4.42 Å². The van der Waals surface area contributed by atoms with E-state index in [2.05, 4.69) is 4.99 Å². The first-order valence-corrected chi connectivity index (χ1v) is 10.4. The summed E-state index contributed by atoms with van der Waals surface area (Å²) in [5, 5.41) is 1.68. The summed E-state index contributed by atoms with van der Waals surface area (Å²) in [4.78, 5) is 8.44. The number of fused-ring (bicyclic) bond motifs is 2. The monoisotopic (exact) mass is 401 g/mol. The van der Waals surface area contributed by atoms with Gasteiger partial charge in [-0.15, -0.1) is 0 Å². The van der Waals surface area contributed by atoms with Crippen molar-refractivity contribution in [2.45, 2.75) is 34.6 Å². The molecule has 1 aromatic heterocycles. The first-order chi connectivity index (χ1) is 14.0. The summed E-state index contributed by atoms with van der Waals surface area (Å²) in [6, 6.07) is 6.37. The summed E-state index contributed by atoms with van der Waals surface area (Å²) < 4.78 is 36.0. The molecule has 1 heterocycles. The average molecular weight is 402 g/mol. The Morgan fingerprint density at radius 2 is 1.14 bits per heavy atom. The first-order valence-electron chi connectivity index (χ1n) is 10.4. The van der Waals surface area contributed by atoms with Gasteiger partial charge in [0.05, 0.1) is 16.7 Å². The normalized spacial score (nSPS) is 11.3. The van der Waals surface area contributed by atoms with Gasteiger partial charge in [-0.05, 0) is 46.8 Å². The van der Waals surface area contributed by atoms with E-state index in [-0.39, 0.29) is 11.6 Å². The smallest absolute Gasteiger partial charge is 0.147 e. The molecule has 0 bridgehead atoms. The molecule has 0 saturated carbocycles. The molecule has 0 radical (unpaired) electrons. The topological polar surface area (TPSA) is 32.0 Å². The molecule has 156 valence electrons. The van der Waals surface area contributed by atoms with E-state index in [9.17, 15) is 8.78 Å². The van der Waals surface area contributed by atoms with Crippen LogP contribution in [-0.4, -0.2) is 32.7 Å². The molecule has 0 fully saturated rings. The van der Waals surface area contributed by atoms with Crippen molar-refractivity contribution in [3.63, 3.8) is 0 Å². The third-order valence-corrected chi connectivity index (χ3v) is 5.35. The molecule has 0 N–H and O–H groups in total. The van der Waals surface area contributed by atoms with E-state index in [1.807, 2.05) is 44.4 Å². The van der Waals surface area contributed by atoms with E-state index in [1.54, 1.807) is 12.1 Å². The van der Waals surface area contributed by atoms with E-state index < -0.39 is 0 Å². The summed E-state index contributed by atoms with van der Waals surface area (Å²) >= 11 is 0. The molecule has 0 saturated heterocycles. The molecule has 0 unspecified atom stereocenters. The molecule has 0 aliphatic heterocycles. The number of halogens is 2. The van der Waals surface area contributed by atoms with Crippen LogP contribution in [0.25, 0.3) is 21.9 Å². The Bertz CT molecular complexity index is 1000. The van der Waals surface area contributed by atoms with Gasteiger partial charge in [0.1, 0.15) is 22.8 Å². The fourth-order valence-electron chi connectivity index (χ4n) is 3.83. The lowest BCUT2D eigenvalue weighted by molar-refractivity contribution is 0.611. The van der Waals surface area contributed by atoms with Gasteiger partial charge in [0, 0.05) is 55.6 Å². The molecule has 2 aromatic carbocycles. The maximum Gasteiger partial charge on any atom is 0.147 e. The Balaban J connectivity index is 2.40. The van der Waals surface area contributed by atoms with Gasteiger partial charge >= 0.3 is 0 Å². The van der Waals surface area contributed by atoms with Crippen molar-refractivity contribution < 1.29 is 13.2 Å². The zero-order chi connectivity index (χ0) is 21.1. The SMILES string of the molecule is CCN=c1c2cc(F)c(N(CC)CC)cc2oc2cc(N(CC)CC)c(F)cc12. The Morgan fingerprint density at radius 1 is 0.724 bits per heavy atom. The van der Waals surface area contributed by atoms with E-state index in [1.165, 1.54) is 12.1 Å². The second kappa shape index (κ2) is 8.80. The molecule has 3 rings (SSSR count). The number of hydrogen-bond acceptors (Lipinski definition) is 4. The lowest BCUT2D eigenvalue weighted by atomic mass is 10.1. The van der Waals surface area contributed by atoms with Crippen molar-refractivity contribution in [3.8, 4) is 0 Å². The van der Waals surface area contributed by atoms with E-state index >= 15 is 0 Å². The molecule has 0 amide bonds. The molecular formula is C23H29F2N3O. The second-order valence-corrected chi connectivity index (χ2v) is 6.87. The summed E-state index contributed by atoms with van der Waals surface area (Å²) in [5.41, 5.74) is 2.09. The summed E-state index contributed by atoms with van der Waals surface area (Å²) in [6.45, 7) is 13.1. The van der Waals surface area contributed by atoms with Crippen LogP contribution in [-0.2, 0) is 0 Å². The second-order valence-electron chi connectivity index (χ2n) is 6.87. The van der Waals surface area contributed by atoms with Crippen LogP contribution in [0.15, 0.2) is 33.7 Å². The maximum absolute atomic E-state index is 14.9. The molecule has 0 atom stereocenters. The predicted molar refractivity (Wildman–Crippen MR) is 117 cm³/mol. The highest BCUT2D eigenvalue weighted by Gasteiger charge is 2.17. The molecule has 0 aliphatic carbocycles. The Hall–Kier alpha value is -2.63. The van der Waals surface area contributed by atoms with Gasteiger partial charge < -0.3 is 14.2 Å². The summed E-state index contributed by atoms with van der Waals surface area (Å²) in [6.07, 6.45) is 0. The third kappa shape index (κ3) is 3.80. The minimum atomic E-state index is -0.330. The molecule has 4 nitrogen and oxygen atoms in total. The van der Waals surface area contributed by atoms with Crippen LogP contribution in [0.3, 0.4) is 0 Å². The standard InChI is InChI=1S/C23H29F2N3O/c1-6-26-23-15-11-17(24)19(27(7-2)8-3)13-21(15)29-22-14-20(28(9-4)10-5)18(25)12-16(22)23/h11-14H,6-10H2,1-5H3. The molecule has 0 aliphatic rings. The minimum Gasteiger partial charge on any atom is -0.456 e. The molecule has 0 spiro atoms. The van der Waals surface area contributed by atoms with Gasteiger partial charge in [0.2, 0.25) is 0 Å². The molecule has 3 aromatic rings. The highest BCUT2D eigenvalue weighted by molar-refractivity contribution is 5.92. The fraction of sp³-hybridized carbons (Fsp3) is 0.435. The molecule has 6 heteroatoms. The largest absolute Gasteiger partial charge is 0.456 e. The van der Waals surface area contributed by atoms with Crippen LogP contribution in [0.5, 0.6) is 0 Å². The zero-order valence-corrected chi connectivity index (χ0v) is 17.9.